The number of amides is 1. The third kappa shape index (κ3) is 2.80. The fourth-order valence-corrected chi connectivity index (χ4v) is 6.47. The number of pyridine rings is 1. The predicted octanol–water partition coefficient (Wildman–Crippen LogP) is 4.77. The maximum Gasteiger partial charge on any atom is 0.248 e. The van der Waals surface area contributed by atoms with Gasteiger partial charge in [-0.25, -0.2) is 0 Å². The normalized spacial score (nSPS) is 30.0. The van der Waals surface area contributed by atoms with Gasteiger partial charge in [0.25, 0.3) is 0 Å². The predicted molar refractivity (Wildman–Crippen MR) is 117 cm³/mol. The number of fused-ring (bicyclic) bond motifs is 5. The van der Waals surface area contributed by atoms with Gasteiger partial charge in [-0.15, -0.1) is 0 Å². The number of nitrogens with zero attached hydrogens (tertiary/aromatic N) is 1. The number of anilines is 1. The number of nitrogens with two attached hydrogens (primary N) is 1. The van der Waals surface area contributed by atoms with E-state index in [1.54, 1.807) is 0 Å². The molecule has 29 heavy (non-hydrogen) atoms. The smallest absolute Gasteiger partial charge is 0.248 e. The highest BCUT2D eigenvalue weighted by Gasteiger charge is 2.51. The maximum atomic E-state index is 11.6. The number of hydrogen-bond donors (Lipinski definition) is 2. The first kappa shape index (κ1) is 18.4. The molecule has 3 N–H and O–H groups in total. The van der Waals surface area contributed by atoms with Crippen molar-refractivity contribution in [2.75, 3.05) is 12.4 Å². The van der Waals surface area contributed by atoms with Crippen LogP contribution in [0.3, 0.4) is 0 Å². The number of rotatable bonds is 3. The standard InChI is InChI=1S/C25H29N3O/c1-25-10-9-20-19-5-4-16(24(26)29)11-15(19)3-6-21(20)23(25)8-7-22(25)17-12-18(27-2)14-28-13-17/h4-5,7,11-14,20-21,23,27H,3,6,8-10H2,1-2H3,(H2,26,29)/t20-,21-,23+,25-/m1/s1. The molecule has 2 aromatic rings. The molecule has 0 saturated heterocycles. The lowest BCUT2D eigenvalue weighted by atomic mass is 9.54. The number of carbonyl (C=O) groups is 1. The highest BCUT2D eigenvalue weighted by Crippen LogP contribution is 2.63. The van der Waals surface area contributed by atoms with E-state index in [-0.39, 0.29) is 11.3 Å². The maximum absolute atomic E-state index is 11.6. The van der Waals surface area contributed by atoms with E-state index < -0.39 is 0 Å². The zero-order chi connectivity index (χ0) is 20.2. The van der Waals surface area contributed by atoms with E-state index in [2.05, 4.69) is 35.4 Å². The number of hydrogen-bond acceptors (Lipinski definition) is 3. The molecule has 5 rings (SSSR count). The molecule has 1 aromatic carbocycles. The van der Waals surface area contributed by atoms with Gasteiger partial charge in [-0.3, -0.25) is 9.78 Å². The highest BCUT2D eigenvalue weighted by atomic mass is 16.1. The van der Waals surface area contributed by atoms with Crippen molar-refractivity contribution in [3.05, 3.63) is 65.0 Å². The summed E-state index contributed by atoms with van der Waals surface area (Å²) in [4.78, 5) is 16.0. The summed E-state index contributed by atoms with van der Waals surface area (Å²) in [6, 6.07) is 8.37. The molecular weight excluding hydrogens is 358 g/mol. The second-order valence-corrected chi connectivity index (χ2v) is 9.22. The van der Waals surface area contributed by atoms with E-state index in [4.69, 9.17) is 5.73 Å². The monoisotopic (exact) mass is 387 g/mol. The van der Waals surface area contributed by atoms with Crippen molar-refractivity contribution in [1.29, 1.82) is 0 Å². The van der Waals surface area contributed by atoms with Crippen LogP contribution >= 0.6 is 0 Å². The van der Waals surface area contributed by atoms with E-state index in [0.29, 0.717) is 23.3 Å². The van der Waals surface area contributed by atoms with E-state index >= 15 is 0 Å². The van der Waals surface area contributed by atoms with E-state index in [1.165, 1.54) is 41.5 Å². The summed E-state index contributed by atoms with van der Waals surface area (Å²) in [5.74, 6) is 1.66. The van der Waals surface area contributed by atoms with Crippen molar-refractivity contribution in [1.82, 2.24) is 4.98 Å². The third-order valence-corrected chi connectivity index (χ3v) is 7.93. The van der Waals surface area contributed by atoms with Crippen LogP contribution in [0, 0.1) is 17.3 Å². The Labute approximate surface area is 172 Å². The molecule has 0 spiro atoms. The summed E-state index contributed by atoms with van der Waals surface area (Å²) < 4.78 is 0. The van der Waals surface area contributed by atoms with Crippen molar-refractivity contribution >= 4 is 17.2 Å². The number of aryl methyl sites for hydroxylation is 1. The minimum absolute atomic E-state index is 0.222. The zero-order valence-corrected chi connectivity index (χ0v) is 17.2. The van der Waals surface area contributed by atoms with Crippen LogP contribution in [0.5, 0.6) is 0 Å². The molecule has 4 atom stereocenters. The molecular formula is C25H29N3O. The van der Waals surface area contributed by atoms with Crippen LogP contribution in [0.2, 0.25) is 0 Å². The van der Waals surface area contributed by atoms with E-state index in [0.717, 1.165) is 18.5 Å². The van der Waals surface area contributed by atoms with Crippen LogP contribution in [0.1, 0.15) is 65.6 Å². The van der Waals surface area contributed by atoms with E-state index in [9.17, 15) is 4.79 Å². The molecule has 0 bridgehead atoms. The average molecular weight is 388 g/mol. The van der Waals surface area contributed by atoms with E-state index in [1.807, 2.05) is 31.6 Å². The summed E-state index contributed by atoms with van der Waals surface area (Å²) in [7, 11) is 1.95. The molecule has 4 nitrogen and oxygen atoms in total. The lowest BCUT2D eigenvalue weighted by Gasteiger charge is -2.50. The second-order valence-electron chi connectivity index (χ2n) is 9.22. The number of primary amides is 1. The number of carbonyl (C=O) groups excluding carboxylic acids is 1. The van der Waals surface area contributed by atoms with Crippen LogP contribution in [0.4, 0.5) is 5.69 Å². The van der Waals surface area contributed by atoms with Gasteiger partial charge in [0.2, 0.25) is 5.91 Å². The SMILES string of the molecule is CNc1cncc(C2=CC[C@H]3[C@@H]4CCc5cc(C(N)=O)ccc5[C@H]4CC[C@]23C)c1. The van der Waals surface area contributed by atoms with Gasteiger partial charge in [-0.2, -0.15) is 0 Å². The molecule has 4 heteroatoms. The van der Waals surface area contributed by atoms with Gasteiger partial charge in [0.05, 0.1) is 5.69 Å². The molecule has 1 aromatic heterocycles. The fraction of sp³-hybridized carbons (Fsp3) is 0.440. The molecule has 1 saturated carbocycles. The number of nitrogens with one attached hydrogen (secondary N) is 1. The van der Waals surface area contributed by atoms with Gasteiger partial charge in [0.1, 0.15) is 0 Å². The first-order valence-electron chi connectivity index (χ1n) is 10.8. The Bertz CT molecular complexity index is 1010. The number of benzene rings is 1. The molecule has 1 heterocycles. The lowest BCUT2D eigenvalue weighted by Crippen LogP contribution is -2.41. The summed E-state index contributed by atoms with van der Waals surface area (Å²) in [5, 5.41) is 3.22. The first-order valence-corrected chi connectivity index (χ1v) is 10.8. The van der Waals surface area contributed by atoms with Crippen molar-refractivity contribution < 1.29 is 4.79 Å². The van der Waals surface area contributed by atoms with Crippen LogP contribution in [0.15, 0.2) is 42.7 Å². The van der Waals surface area contributed by atoms with Crippen molar-refractivity contribution in [2.24, 2.45) is 23.0 Å². The quantitative estimate of drug-likeness (QED) is 0.797. The highest BCUT2D eigenvalue weighted by molar-refractivity contribution is 5.93. The lowest BCUT2D eigenvalue weighted by molar-refractivity contribution is 0.0885. The molecule has 0 radical (unpaired) electrons. The van der Waals surface area contributed by atoms with Gasteiger partial charge >= 0.3 is 0 Å². The largest absolute Gasteiger partial charge is 0.387 e. The molecule has 0 aliphatic heterocycles. The minimum Gasteiger partial charge on any atom is -0.387 e. The van der Waals surface area contributed by atoms with Crippen molar-refractivity contribution in [2.45, 2.75) is 44.9 Å². The first-order chi connectivity index (χ1) is 14.0. The van der Waals surface area contributed by atoms with Gasteiger partial charge in [0.15, 0.2) is 0 Å². The Hall–Kier alpha value is -2.62. The summed E-state index contributed by atoms with van der Waals surface area (Å²) in [6.45, 7) is 2.48. The van der Waals surface area contributed by atoms with Gasteiger partial charge in [-0.05, 0) is 95.7 Å². The molecule has 3 aliphatic rings. The van der Waals surface area contributed by atoms with Crippen molar-refractivity contribution in [3.63, 3.8) is 0 Å². The molecule has 3 aliphatic carbocycles. The Kier molecular flexibility index (Phi) is 4.27. The topological polar surface area (TPSA) is 68.0 Å². The second kappa shape index (κ2) is 6.72. The van der Waals surface area contributed by atoms with Crippen LogP contribution in [-0.4, -0.2) is 17.9 Å². The Morgan fingerprint density at radius 3 is 2.90 bits per heavy atom. The number of aromatic nitrogens is 1. The molecule has 1 fully saturated rings. The molecule has 0 unspecified atom stereocenters. The van der Waals surface area contributed by atoms with Crippen LogP contribution < -0.4 is 11.1 Å². The summed E-state index contributed by atoms with van der Waals surface area (Å²) >= 11 is 0. The Morgan fingerprint density at radius 1 is 1.24 bits per heavy atom. The van der Waals surface area contributed by atoms with Gasteiger partial charge < -0.3 is 11.1 Å². The van der Waals surface area contributed by atoms with Gasteiger partial charge in [-0.1, -0.05) is 19.1 Å². The number of allylic oxidation sites excluding steroid dienone is 2. The third-order valence-electron chi connectivity index (χ3n) is 7.93. The molecule has 150 valence electrons. The van der Waals surface area contributed by atoms with Gasteiger partial charge in [0, 0.05) is 25.0 Å². The average Bonchev–Trinajstić information content (AvgIpc) is 3.10. The minimum atomic E-state index is -0.326. The van der Waals surface area contributed by atoms with Crippen LogP contribution in [-0.2, 0) is 6.42 Å². The molecule has 1 amide bonds. The summed E-state index contributed by atoms with van der Waals surface area (Å²) in [6.07, 6.45) is 12.2. The Balaban J connectivity index is 1.46. The van der Waals surface area contributed by atoms with Crippen LogP contribution in [0.25, 0.3) is 5.57 Å². The Morgan fingerprint density at radius 2 is 2.10 bits per heavy atom. The van der Waals surface area contributed by atoms with Crippen molar-refractivity contribution in [3.8, 4) is 0 Å². The summed E-state index contributed by atoms with van der Waals surface area (Å²) in [5.41, 5.74) is 13.0. The fourth-order valence-electron chi connectivity index (χ4n) is 6.47. The zero-order valence-electron chi connectivity index (χ0n) is 17.2.